The summed E-state index contributed by atoms with van der Waals surface area (Å²) in [6, 6.07) is 17.4. The van der Waals surface area contributed by atoms with Crippen LogP contribution >= 0.6 is 0 Å². The Bertz CT molecular complexity index is 668. The summed E-state index contributed by atoms with van der Waals surface area (Å²) in [6.07, 6.45) is 1.78. The zero-order valence-corrected chi connectivity index (χ0v) is 14.1. The van der Waals surface area contributed by atoms with Crippen LogP contribution in [0.4, 0.5) is 0 Å². The van der Waals surface area contributed by atoms with Gasteiger partial charge >= 0.3 is 5.97 Å². The van der Waals surface area contributed by atoms with Gasteiger partial charge in [-0.05, 0) is 36.1 Å². The molecule has 0 saturated carbocycles. The predicted molar refractivity (Wildman–Crippen MR) is 95.4 cm³/mol. The molecule has 0 fully saturated rings. The largest absolute Gasteiger partial charge is 0.494 e. The van der Waals surface area contributed by atoms with Crippen molar-refractivity contribution >= 4 is 11.9 Å². The van der Waals surface area contributed by atoms with Crippen molar-refractivity contribution in [2.24, 2.45) is 0 Å². The lowest BCUT2D eigenvalue weighted by Crippen LogP contribution is -2.22. The number of hydrogen-bond acceptors (Lipinski definition) is 3. The summed E-state index contributed by atoms with van der Waals surface area (Å²) < 4.78 is 5.47. The van der Waals surface area contributed by atoms with Crippen LogP contribution in [0.3, 0.4) is 0 Å². The molecule has 0 radical (unpaired) electrons. The molecule has 0 unspecified atom stereocenters. The molecule has 0 aromatic heterocycles. The van der Waals surface area contributed by atoms with E-state index in [1.165, 1.54) is 0 Å². The molecule has 0 saturated heterocycles. The minimum atomic E-state index is -0.818. The van der Waals surface area contributed by atoms with E-state index in [4.69, 9.17) is 9.84 Å². The van der Waals surface area contributed by atoms with Gasteiger partial charge in [0.25, 0.3) is 0 Å². The number of carbonyl (C=O) groups excluding carboxylic acids is 1. The standard InChI is InChI=1S/C20H23NO4/c22-19(13-10-16-5-2-1-3-6-16)21-15-17-8-11-18(12-9-17)25-14-4-7-20(23)24/h1-3,5-6,8-9,11-12H,4,7,10,13-15H2,(H,21,22)(H,23,24). The zero-order chi connectivity index (χ0) is 17.9. The fourth-order valence-corrected chi connectivity index (χ4v) is 2.31. The second-order valence-corrected chi connectivity index (χ2v) is 5.75. The van der Waals surface area contributed by atoms with E-state index in [0.717, 1.165) is 17.5 Å². The lowest BCUT2D eigenvalue weighted by atomic mass is 10.1. The molecule has 132 valence electrons. The van der Waals surface area contributed by atoms with Crippen LogP contribution in [0.25, 0.3) is 0 Å². The highest BCUT2D eigenvalue weighted by atomic mass is 16.5. The van der Waals surface area contributed by atoms with Gasteiger partial charge in [0.1, 0.15) is 5.75 Å². The van der Waals surface area contributed by atoms with Crippen molar-refractivity contribution in [3.63, 3.8) is 0 Å². The molecule has 2 aromatic rings. The Hall–Kier alpha value is -2.82. The molecule has 5 nitrogen and oxygen atoms in total. The zero-order valence-electron chi connectivity index (χ0n) is 14.1. The highest BCUT2D eigenvalue weighted by Gasteiger charge is 2.03. The molecular weight excluding hydrogens is 318 g/mol. The summed E-state index contributed by atoms with van der Waals surface area (Å²) in [5.41, 5.74) is 2.15. The van der Waals surface area contributed by atoms with Gasteiger partial charge in [-0.1, -0.05) is 42.5 Å². The molecule has 2 N–H and O–H groups in total. The van der Waals surface area contributed by atoms with E-state index in [1.54, 1.807) is 0 Å². The van der Waals surface area contributed by atoms with Crippen LogP contribution in [0.15, 0.2) is 54.6 Å². The van der Waals surface area contributed by atoms with Crippen LogP contribution in [0, 0.1) is 0 Å². The van der Waals surface area contributed by atoms with E-state index in [9.17, 15) is 9.59 Å². The number of nitrogens with one attached hydrogen (secondary N) is 1. The topological polar surface area (TPSA) is 75.6 Å². The van der Waals surface area contributed by atoms with E-state index in [2.05, 4.69) is 5.32 Å². The first-order chi connectivity index (χ1) is 12.1. The molecule has 5 heteroatoms. The fourth-order valence-electron chi connectivity index (χ4n) is 2.31. The van der Waals surface area contributed by atoms with Gasteiger partial charge in [0.2, 0.25) is 5.91 Å². The van der Waals surface area contributed by atoms with E-state index >= 15 is 0 Å². The van der Waals surface area contributed by atoms with Crippen LogP contribution in [0.1, 0.15) is 30.4 Å². The van der Waals surface area contributed by atoms with Crippen molar-refractivity contribution in [3.05, 3.63) is 65.7 Å². The summed E-state index contributed by atoms with van der Waals surface area (Å²) in [4.78, 5) is 22.3. The number of aryl methyl sites for hydroxylation is 1. The third-order valence-corrected chi connectivity index (χ3v) is 3.70. The second kappa shape index (κ2) is 10.1. The summed E-state index contributed by atoms with van der Waals surface area (Å²) in [5.74, 6) is -0.0932. The SMILES string of the molecule is O=C(O)CCCOc1ccc(CNC(=O)CCc2ccccc2)cc1. The third kappa shape index (κ3) is 7.52. The fraction of sp³-hybridized carbons (Fsp3) is 0.300. The summed E-state index contributed by atoms with van der Waals surface area (Å²) in [5, 5.41) is 11.5. The summed E-state index contributed by atoms with van der Waals surface area (Å²) >= 11 is 0. The molecule has 0 spiro atoms. The number of carboxylic acid groups (broad SMARTS) is 1. The number of benzene rings is 2. The highest BCUT2D eigenvalue weighted by molar-refractivity contribution is 5.76. The van der Waals surface area contributed by atoms with Gasteiger partial charge in [0.15, 0.2) is 0 Å². The van der Waals surface area contributed by atoms with Crippen LogP contribution in [-0.2, 0) is 22.6 Å². The molecule has 0 atom stereocenters. The first kappa shape index (κ1) is 18.5. The van der Waals surface area contributed by atoms with Gasteiger partial charge in [0, 0.05) is 19.4 Å². The molecule has 0 aliphatic carbocycles. The van der Waals surface area contributed by atoms with E-state index in [0.29, 0.717) is 31.7 Å². The van der Waals surface area contributed by atoms with Crippen molar-refractivity contribution in [2.75, 3.05) is 6.61 Å². The summed E-state index contributed by atoms with van der Waals surface area (Å²) in [6.45, 7) is 0.856. The van der Waals surface area contributed by atoms with Gasteiger partial charge < -0.3 is 15.2 Å². The number of amides is 1. The summed E-state index contributed by atoms with van der Waals surface area (Å²) in [7, 11) is 0. The number of rotatable bonds is 10. The van der Waals surface area contributed by atoms with Crippen LogP contribution in [-0.4, -0.2) is 23.6 Å². The van der Waals surface area contributed by atoms with E-state index in [-0.39, 0.29) is 12.3 Å². The van der Waals surface area contributed by atoms with Crippen LogP contribution in [0.5, 0.6) is 5.75 Å². The number of aliphatic carboxylic acids is 1. The monoisotopic (exact) mass is 341 g/mol. The molecule has 1 amide bonds. The maximum Gasteiger partial charge on any atom is 0.303 e. The van der Waals surface area contributed by atoms with Crippen LogP contribution < -0.4 is 10.1 Å². The second-order valence-electron chi connectivity index (χ2n) is 5.75. The quantitative estimate of drug-likeness (QED) is 0.651. The van der Waals surface area contributed by atoms with Gasteiger partial charge in [-0.2, -0.15) is 0 Å². The number of ether oxygens (including phenoxy) is 1. The van der Waals surface area contributed by atoms with Crippen LogP contribution in [0.2, 0.25) is 0 Å². The molecule has 2 rings (SSSR count). The van der Waals surface area contributed by atoms with Crippen molar-refractivity contribution in [2.45, 2.75) is 32.2 Å². The first-order valence-corrected chi connectivity index (χ1v) is 8.37. The Labute approximate surface area is 147 Å². The molecule has 0 aliphatic rings. The smallest absolute Gasteiger partial charge is 0.303 e. The van der Waals surface area contributed by atoms with Gasteiger partial charge in [-0.15, -0.1) is 0 Å². The molecule has 0 aliphatic heterocycles. The Morgan fingerprint density at radius 2 is 1.64 bits per heavy atom. The first-order valence-electron chi connectivity index (χ1n) is 8.37. The number of hydrogen-bond donors (Lipinski definition) is 2. The molecule has 2 aromatic carbocycles. The Morgan fingerprint density at radius 1 is 0.920 bits per heavy atom. The molecule has 25 heavy (non-hydrogen) atoms. The maximum absolute atomic E-state index is 11.9. The third-order valence-electron chi connectivity index (χ3n) is 3.70. The predicted octanol–water partition coefficient (Wildman–Crippen LogP) is 3.18. The van der Waals surface area contributed by atoms with Crippen molar-refractivity contribution in [1.82, 2.24) is 5.32 Å². The maximum atomic E-state index is 11.9. The van der Waals surface area contributed by atoms with Crippen molar-refractivity contribution in [1.29, 1.82) is 0 Å². The number of carboxylic acids is 1. The Balaban J connectivity index is 1.66. The lowest BCUT2D eigenvalue weighted by molar-refractivity contribution is -0.137. The van der Waals surface area contributed by atoms with E-state index < -0.39 is 5.97 Å². The highest BCUT2D eigenvalue weighted by Crippen LogP contribution is 2.13. The Kier molecular flexibility index (Phi) is 7.50. The van der Waals surface area contributed by atoms with Gasteiger partial charge in [-0.25, -0.2) is 0 Å². The van der Waals surface area contributed by atoms with Gasteiger partial charge in [0.05, 0.1) is 6.61 Å². The Morgan fingerprint density at radius 3 is 2.32 bits per heavy atom. The minimum absolute atomic E-state index is 0.0258. The average molecular weight is 341 g/mol. The van der Waals surface area contributed by atoms with Crippen molar-refractivity contribution < 1.29 is 19.4 Å². The normalized spacial score (nSPS) is 10.2. The minimum Gasteiger partial charge on any atom is -0.494 e. The lowest BCUT2D eigenvalue weighted by Gasteiger charge is -2.08. The number of carbonyl (C=O) groups is 2. The average Bonchev–Trinajstić information content (AvgIpc) is 2.63. The van der Waals surface area contributed by atoms with Gasteiger partial charge in [-0.3, -0.25) is 9.59 Å². The molecule has 0 bridgehead atoms. The van der Waals surface area contributed by atoms with E-state index in [1.807, 2.05) is 54.6 Å². The van der Waals surface area contributed by atoms with Crippen molar-refractivity contribution in [3.8, 4) is 5.75 Å². The molecular formula is C20H23NO4. The molecule has 0 heterocycles.